The lowest BCUT2D eigenvalue weighted by atomic mass is 9.96. The van der Waals surface area contributed by atoms with Gasteiger partial charge >= 0.3 is 5.97 Å². The number of piperidine rings is 1. The van der Waals surface area contributed by atoms with E-state index >= 15 is 0 Å². The van der Waals surface area contributed by atoms with Crippen molar-refractivity contribution >= 4 is 46.6 Å². The molecular weight excluding hydrogens is 530 g/mol. The predicted octanol–water partition coefficient (Wildman–Crippen LogP) is 2.81. The van der Waals surface area contributed by atoms with Crippen molar-refractivity contribution in [2.24, 2.45) is 11.7 Å². The number of amides is 1. The number of hydrogen-bond acceptors (Lipinski definition) is 8. The number of nitrogens with zero attached hydrogens (tertiary/aromatic N) is 4. The van der Waals surface area contributed by atoms with Crippen molar-refractivity contribution in [1.29, 1.82) is 5.41 Å². The maximum absolute atomic E-state index is 13.5. The third-order valence-electron chi connectivity index (χ3n) is 7.01. The van der Waals surface area contributed by atoms with E-state index in [0.29, 0.717) is 43.3 Å². The zero-order valence-electron chi connectivity index (χ0n) is 22.9. The number of carbonyl (C=O) groups excluding carboxylic acids is 1. The largest absolute Gasteiger partial charge is 0.478 e. The maximum atomic E-state index is 13.5. The van der Waals surface area contributed by atoms with E-state index in [-0.39, 0.29) is 22.9 Å². The van der Waals surface area contributed by atoms with Crippen LogP contribution in [-0.4, -0.2) is 56.3 Å². The van der Waals surface area contributed by atoms with E-state index in [9.17, 15) is 19.5 Å². The van der Waals surface area contributed by atoms with Gasteiger partial charge in [-0.1, -0.05) is 13.8 Å². The maximum Gasteiger partial charge on any atom is 0.328 e. The molecule has 0 spiro atoms. The van der Waals surface area contributed by atoms with Crippen molar-refractivity contribution in [3.05, 3.63) is 62.0 Å². The van der Waals surface area contributed by atoms with Gasteiger partial charge in [0.15, 0.2) is 0 Å². The van der Waals surface area contributed by atoms with Gasteiger partial charge in [0, 0.05) is 37.2 Å². The SMILES string of the molecule is CC(NC(=O)C1CCCN(c2nc3cc(CCc4nc(C(C)C)cs4)ccn3c(=O)c2/C=C/C(=O)O)C1)C(=N)N. The van der Waals surface area contributed by atoms with Crippen molar-refractivity contribution in [3.63, 3.8) is 0 Å². The van der Waals surface area contributed by atoms with Crippen LogP contribution in [0.5, 0.6) is 0 Å². The highest BCUT2D eigenvalue weighted by Gasteiger charge is 2.29. The number of carbonyl (C=O) groups is 2. The second kappa shape index (κ2) is 12.4. The lowest BCUT2D eigenvalue weighted by Gasteiger charge is -2.34. The fraction of sp³-hybridized carbons (Fsp3) is 0.429. The van der Waals surface area contributed by atoms with Gasteiger partial charge < -0.3 is 21.1 Å². The molecule has 0 bridgehead atoms. The number of nitrogens with one attached hydrogen (secondary N) is 2. The minimum absolute atomic E-state index is 0.127. The van der Waals surface area contributed by atoms with Crippen LogP contribution >= 0.6 is 11.3 Å². The van der Waals surface area contributed by atoms with Crippen molar-refractivity contribution < 1.29 is 14.7 Å². The zero-order chi connectivity index (χ0) is 29.0. The molecule has 1 fully saturated rings. The number of pyridine rings is 1. The molecule has 4 rings (SSSR count). The minimum atomic E-state index is -1.18. The molecule has 3 aromatic heterocycles. The number of carboxylic acid groups (broad SMARTS) is 1. The quantitative estimate of drug-likeness (QED) is 0.165. The zero-order valence-corrected chi connectivity index (χ0v) is 23.7. The number of hydrogen-bond donors (Lipinski definition) is 4. The van der Waals surface area contributed by atoms with Crippen LogP contribution in [0.1, 0.15) is 61.4 Å². The summed E-state index contributed by atoms with van der Waals surface area (Å²) in [6.45, 7) is 6.75. The van der Waals surface area contributed by atoms with E-state index in [4.69, 9.17) is 21.1 Å². The van der Waals surface area contributed by atoms with Gasteiger partial charge in [-0.05, 0) is 55.9 Å². The number of aliphatic carboxylic acids is 1. The Morgan fingerprint density at radius 3 is 2.75 bits per heavy atom. The molecule has 11 nitrogen and oxygen atoms in total. The van der Waals surface area contributed by atoms with E-state index in [1.165, 1.54) is 10.5 Å². The molecule has 212 valence electrons. The molecular formula is C28H35N7O4S. The van der Waals surface area contributed by atoms with Crippen molar-refractivity contribution in [3.8, 4) is 0 Å². The van der Waals surface area contributed by atoms with Gasteiger partial charge in [0.1, 0.15) is 17.3 Å². The number of nitrogens with two attached hydrogens (primary N) is 1. The van der Waals surface area contributed by atoms with E-state index in [1.807, 2.05) is 17.0 Å². The van der Waals surface area contributed by atoms with Gasteiger partial charge in [-0.3, -0.25) is 19.4 Å². The number of anilines is 1. The second-order valence-corrected chi connectivity index (χ2v) is 11.3. The van der Waals surface area contributed by atoms with E-state index in [0.717, 1.165) is 35.2 Å². The minimum Gasteiger partial charge on any atom is -0.478 e. The Morgan fingerprint density at radius 2 is 2.08 bits per heavy atom. The number of carboxylic acids is 1. The van der Waals surface area contributed by atoms with E-state index < -0.39 is 17.9 Å². The molecule has 3 aromatic rings. The van der Waals surface area contributed by atoms with Crippen LogP contribution < -0.4 is 21.5 Å². The first-order valence-corrected chi connectivity index (χ1v) is 14.2. The Morgan fingerprint density at radius 1 is 1.30 bits per heavy atom. The molecule has 0 radical (unpaired) electrons. The van der Waals surface area contributed by atoms with Crippen LogP contribution in [0.15, 0.2) is 34.6 Å². The molecule has 2 unspecified atom stereocenters. The summed E-state index contributed by atoms with van der Waals surface area (Å²) in [4.78, 5) is 49.1. The van der Waals surface area contributed by atoms with Gasteiger partial charge in [0.2, 0.25) is 5.91 Å². The first-order valence-electron chi connectivity index (χ1n) is 13.3. The first kappa shape index (κ1) is 28.9. The fourth-order valence-corrected chi connectivity index (χ4v) is 5.59. The Balaban J connectivity index is 1.65. The molecule has 0 saturated carbocycles. The molecule has 40 heavy (non-hydrogen) atoms. The Bertz CT molecular complexity index is 1510. The number of thiazole rings is 1. The summed E-state index contributed by atoms with van der Waals surface area (Å²) in [6, 6.07) is 3.16. The lowest BCUT2D eigenvalue weighted by Crippen LogP contribution is -2.49. The summed E-state index contributed by atoms with van der Waals surface area (Å²) in [6.07, 6.45) is 6.67. The van der Waals surface area contributed by atoms with E-state index in [1.54, 1.807) is 24.5 Å². The molecule has 1 aliphatic heterocycles. The summed E-state index contributed by atoms with van der Waals surface area (Å²) in [5, 5.41) is 22.7. The number of fused-ring (bicyclic) bond motifs is 1. The molecule has 1 saturated heterocycles. The average molecular weight is 566 g/mol. The Hall–Kier alpha value is -4.06. The molecule has 12 heteroatoms. The fourth-order valence-electron chi connectivity index (χ4n) is 4.63. The highest BCUT2D eigenvalue weighted by molar-refractivity contribution is 7.09. The first-order chi connectivity index (χ1) is 19.0. The third kappa shape index (κ3) is 6.74. The standard InChI is InChI=1S/C28H35N7O4S/c1-16(2)21-15-40-23(32-21)8-6-18-10-12-35-22(13-18)33-26(20(28(35)39)7-9-24(36)37)34-11-4-5-19(14-34)27(38)31-17(3)25(29)30/h7,9-10,12-13,15-17,19H,4-6,8,11,14H2,1-3H3,(H3,29,30)(H,31,38)(H,36,37)/b9-7+. The van der Waals surface area contributed by atoms with E-state index in [2.05, 4.69) is 24.5 Å². The predicted molar refractivity (Wildman–Crippen MR) is 156 cm³/mol. The van der Waals surface area contributed by atoms with Gasteiger partial charge in [0.05, 0.1) is 28.2 Å². The topological polar surface area (TPSA) is 167 Å². The summed E-state index contributed by atoms with van der Waals surface area (Å²) in [5.74, 6) is -1.20. The van der Waals surface area contributed by atoms with Gasteiger partial charge in [-0.15, -0.1) is 11.3 Å². The lowest BCUT2D eigenvalue weighted by molar-refractivity contribution is -0.131. The van der Waals surface area contributed by atoms with Crippen LogP contribution in [0.25, 0.3) is 11.7 Å². The molecule has 0 aliphatic carbocycles. The molecule has 2 atom stereocenters. The van der Waals surface area contributed by atoms with Crippen LogP contribution in [0.4, 0.5) is 5.82 Å². The summed E-state index contributed by atoms with van der Waals surface area (Å²) < 4.78 is 1.41. The van der Waals surface area contributed by atoms with Crippen molar-refractivity contribution in [2.75, 3.05) is 18.0 Å². The highest BCUT2D eigenvalue weighted by atomic mass is 32.1. The monoisotopic (exact) mass is 565 g/mol. The highest BCUT2D eigenvalue weighted by Crippen LogP contribution is 2.26. The van der Waals surface area contributed by atoms with Gasteiger partial charge in [-0.2, -0.15) is 0 Å². The van der Waals surface area contributed by atoms with Crippen LogP contribution in [-0.2, 0) is 22.4 Å². The van der Waals surface area contributed by atoms with Crippen LogP contribution in [0.3, 0.4) is 0 Å². The second-order valence-electron chi connectivity index (χ2n) is 10.4. The molecule has 4 heterocycles. The normalized spacial score (nSPS) is 16.5. The third-order valence-corrected chi connectivity index (χ3v) is 7.93. The van der Waals surface area contributed by atoms with Crippen molar-refractivity contribution in [1.82, 2.24) is 19.7 Å². The van der Waals surface area contributed by atoms with Gasteiger partial charge in [-0.25, -0.2) is 14.8 Å². The average Bonchev–Trinajstić information content (AvgIpc) is 3.40. The smallest absolute Gasteiger partial charge is 0.328 e. The Kier molecular flexibility index (Phi) is 8.98. The Labute approximate surface area is 236 Å². The summed E-state index contributed by atoms with van der Waals surface area (Å²) >= 11 is 1.65. The molecule has 0 aromatic carbocycles. The van der Waals surface area contributed by atoms with Gasteiger partial charge in [0.25, 0.3) is 5.56 Å². The number of aromatic nitrogens is 3. The molecule has 1 aliphatic rings. The molecule has 1 amide bonds. The number of rotatable bonds is 10. The van der Waals surface area contributed by atoms with Crippen molar-refractivity contribution in [2.45, 2.75) is 58.4 Å². The summed E-state index contributed by atoms with van der Waals surface area (Å²) in [5.41, 5.74) is 7.81. The van der Waals surface area contributed by atoms with Crippen LogP contribution in [0, 0.1) is 11.3 Å². The number of amidine groups is 1. The summed E-state index contributed by atoms with van der Waals surface area (Å²) in [7, 11) is 0. The van der Waals surface area contributed by atoms with Crippen LogP contribution in [0.2, 0.25) is 0 Å². The molecule has 5 N–H and O–H groups in total. The number of aryl methyl sites for hydroxylation is 2.